The predicted molar refractivity (Wildman–Crippen MR) is 105 cm³/mol. The van der Waals surface area contributed by atoms with Gasteiger partial charge < -0.3 is 14.8 Å². The average Bonchev–Trinajstić information content (AvgIpc) is 2.65. The normalized spacial score (nSPS) is 12.5. The van der Waals surface area contributed by atoms with Crippen molar-refractivity contribution in [2.75, 3.05) is 32.3 Å². The lowest BCUT2D eigenvalue weighted by molar-refractivity contribution is -0.116. The van der Waals surface area contributed by atoms with Gasteiger partial charge >= 0.3 is 0 Å². The summed E-state index contributed by atoms with van der Waals surface area (Å²) in [5, 5.41) is 2.70. The quantitative estimate of drug-likeness (QED) is 0.747. The molecule has 1 atom stereocenters. The molecular weight excluding hydrogens is 368 g/mol. The van der Waals surface area contributed by atoms with Gasteiger partial charge in [0.05, 0.1) is 32.7 Å². The Labute approximate surface area is 160 Å². The molecule has 2 rings (SSSR count). The van der Waals surface area contributed by atoms with Crippen molar-refractivity contribution in [1.82, 2.24) is 4.31 Å². The van der Waals surface area contributed by atoms with Crippen LogP contribution in [-0.2, 0) is 14.8 Å². The second kappa shape index (κ2) is 8.88. The molecule has 1 amide bonds. The van der Waals surface area contributed by atoms with Crippen LogP contribution < -0.4 is 14.8 Å². The third-order valence-electron chi connectivity index (χ3n) is 4.12. The van der Waals surface area contributed by atoms with Crippen molar-refractivity contribution < 1.29 is 22.7 Å². The molecule has 0 aliphatic rings. The van der Waals surface area contributed by atoms with E-state index in [4.69, 9.17) is 9.47 Å². The van der Waals surface area contributed by atoms with Gasteiger partial charge in [-0.05, 0) is 24.6 Å². The van der Waals surface area contributed by atoms with Gasteiger partial charge in [0.15, 0.2) is 0 Å². The second-order valence-electron chi connectivity index (χ2n) is 6.01. The maximum Gasteiger partial charge on any atom is 0.239 e. The van der Waals surface area contributed by atoms with Crippen LogP contribution in [0.1, 0.15) is 18.5 Å². The van der Waals surface area contributed by atoms with Gasteiger partial charge in [-0.2, -0.15) is 4.31 Å². The van der Waals surface area contributed by atoms with E-state index >= 15 is 0 Å². The topological polar surface area (TPSA) is 84.9 Å². The molecule has 0 spiro atoms. The van der Waals surface area contributed by atoms with Crippen molar-refractivity contribution in [2.45, 2.75) is 13.0 Å². The summed E-state index contributed by atoms with van der Waals surface area (Å²) in [7, 11) is -0.613. The van der Waals surface area contributed by atoms with E-state index in [0.717, 1.165) is 16.1 Å². The summed E-state index contributed by atoms with van der Waals surface area (Å²) in [6, 6.07) is 13.6. The number of sulfonamides is 1. The summed E-state index contributed by atoms with van der Waals surface area (Å²) < 4.78 is 36.1. The predicted octanol–water partition coefficient (Wildman–Crippen LogP) is 2.67. The summed E-state index contributed by atoms with van der Waals surface area (Å²) in [5.41, 5.74) is 1.21. The monoisotopic (exact) mass is 392 g/mol. The van der Waals surface area contributed by atoms with E-state index in [-0.39, 0.29) is 6.54 Å². The lowest BCUT2D eigenvalue weighted by Gasteiger charge is -2.26. The number of methoxy groups -OCH3 is 2. The number of hydrogen-bond acceptors (Lipinski definition) is 5. The number of carbonyl (C=O) groups excluding carboxylic acids is 1. The van der Waals surface area contributed by atoms with Crippen molar-refractivity contribution >= 4 is 21.6 Å². The Morgan fingerprint density at radius 1 is 1.11 bits per heavy atom. The molecule has 1 N–H and O–H groups in total. The van der Waals surface area contributed by atoms with Gasteiger partial charge in [0.1, 0.15) is 11.5 Å². The number of nitrogens with zero attached hydrogens (tertiary/aromatic N) is 1. The maximum absolute atomic E-state index is 12.6. The molecule has 0 aliphatic carbocycles. The van der Waals surface area contributed by atoms with E-state index in [1.807, 2.05) is 30.3 Å². The highest BCUT2D eigenvalue weighted by Gasteiger charge is 2.27. The number of amides is 1. The highest BCUT2D eigenvalue weighted by Crippen LogP contribution is 2.29. The fourth-order valence-corrected chi connectivity index (χ4v) is 3.73. The van der Waals surface area contributed by atoms with Gasteiger partial charge in [-0.3, -0.25) is 4.79 Å². The van der Waals surface area contributed by atoms with Crippen LogP contribution in [0.5, 0.6) is 11.5 Å². The van der Waals surface area contributed by atoms with E-state index in [1.165, 1.54) is 14.2 Å². The Kier molecular flexibility index (Phi) is 6.81. The molecule has 0 saturated carbocycles. The van der Waals surface area contributed by atoms with E-state index in [9.17, 15) is 13.2 Å². The molecule has 1 unspecified atom stereocenters. The first-order chi connectivity index (χ1) is 12.8. The molecule has 146 valence electrons. The fourth-order valence-electron chi connectivity index (χ4n) is 2.68. The van der Waals surface area contributed by atoms with Crippen LogP contribution in [0, 0.1) is 0 Å². The zero-order valence-electron chi connectivity index (χ0n) is 15.8. The van der Waals surface area contributed by atoms with Crippen LogP contribution in [0.3, 0.4) is 0 Å². The molecular formula is C19H24N2O5S. The van der Waals surface area contributed by atoms with Crippen LogP contribution >= 0.6 is 0 Å². The van der Waals surface area contributed by atoms with E-state index in [2.05, 4.69) is 5.32 Å². The molecule has 0 fully saturated rings. The van der Waals surface area contributed by atoms with Crippen LogP contribution in [0.2, 0.25) is 0 Å². The molecule has 0 heterocycles. The minimum Gasteiger partial charge on any atom is -0.497 e. The number of ether oxygens (including phenoxy) is 2. The molecule has 8 heteroatoms. The first kappa shape index (κ1) is 20.7. The Morgan fingerprint density at radius 2 is 1.78 bits per heavy atom. The zero-order valence-corrected chi connectivity index (χ0v) is 16.6. The molecule has 0 saturated heterocycles. The number of anilines is 1. The molecule has 2 aromatic rings. The SMILES string of the molecule is COc1ccc(OC)c(NC(=O)CN(C(C)c2ccccc2)S(C)(=O)=O)c1. The lowest BCUT2D eigenvalue weighted by Crippen LogP contribution is -2.39. The van der Waals surface area contributed by atoms with Gasteiger partial charge in [0, 0.05) is 12.1 Å². The molecule has 0 aromatic heterocycles. The summed E-state index contributed by atoms with van der Waals surface area (Å²) in [5.74, 6) is 0.518. The average molecular weight is 392 g/mol. The highest BCUT2D eigenvalue weighted by atomic mass is 32.2. The van der Waals surface area contributed by atoms with E-state index in [1.54, 1.807) is 25.1 Å². The standard InChI is InChI=1S/C19H24N2O5S/c1-14(15-8-6-5-7-9-15)21(27(4,23)24)13-19(22)20-17-12-16(25-2)10-11-18(17)26-3/h5-12,14H,13H2,1-4H3,(H,20,22). The zero-order chi connectivity index (χ0) is 20.0. The van der Waals surface area contributed by atoms with Gasteiger partial charge in [-0.25, -0.2) is 8.42 Å². The number of carbonyl (C=O) groups is 1. The van der Waals surface area contributed by atoms with Crippen molar-refractivity contribution in [3.63, 3.8) is 0 Å². The first-order valence-electron chi connectivity index (χ1n) is 8.30. The van der Waals surface area contributed by atoms with Gasteiger partial charge in [-0.15, -0.1) is 0 Å². The number of rotatable bonds is 8. The molecule has 27 heavy (non-hydrogen) atoms. The summed E-state index contributed by atoms with van der Waals surface area (Å²) in [4.78, 5) is 12.6. The Morgan fingerprint density at radius 3 is 2.33 bits per heavy atom. The van der Waals surface area contributed by atoms with E-state index < -0.39 is 22.0 Å². The molecule has 0 bridgehead atoms. The third-order valence-corrected chi connectivity index (χ3v) is 5.42. The van der Waals surface area contributed by atoms with E-state index in [0.29, 0.717) is 17.2 Å². The van der Waals surface area contributed by atoms with Crippen LogP contribution in [-0.4, -0.2) is 45.7 Å². The third kappa shape index (κ3) is 5.45. The minimum absolute atomic E-state index is 0.324. The second-order valence-corrected chi connectivity index (χ2v) is 7.94. The molecule has 7 nitrogen and oxygen atoms in total. The van der Waals surface area contributed by atoms with Gasteiger partial charge in [0.2, 0.25) is 15.9 Å². The Balaban J connectivity index is 2.22. The van der Waals surface area contributed by atoms with Crippen molar-refractivity contribution in [3.05, 3.63) is 54.1 Å². The van der Waals surface area contributed by atoms with Crippen LogP contribution in [0.15, 0.2) is 48.5 Å². The smallest absolute Gasteiger partial charge is 0.239 e. The van der Waals surface area contributed by atoms with Crippen molar-refractivity contribution in [3.8, 4) is 11.5 Å². The number of hydrogen-bond donors (Lipinski definition) is 1. The summed E-state index contributed by atoms with van der Waals surface area (Å²) >= 11 is 0. The number of benzene rings is 2. The van der Waals surface area contributed by atoms with Gasteiger partial charge in [-0.1, -0.05) is 30.3 Å². The first-order valence-corrected chi connectivity index (χ1v) is 10.1. The Hall–Kier alpha value is -2.58. The van der Waals surface area contributed by atoms with Crippen molar-refractivity contribution in [2.24, 2.45) is 0 Å². The maximum atomic E-state index is 12.6. The highest BCUT2D eigenvalue weighted by molar-refractivity contribution is 7.88. The lowest BCUT2D eigenvalue weighted by atomic mass is 10.1. The largest absolute Gasteiger partial charge is 0.497 e. The fraction of sp³-hybridized carbons (Fsp3) is 0.316. The minimum atomic E-state index is -3.61. The van der Waals surface area contributed by atoms with Crippen molar-refractivity contribution in [1.29, 1.82) is 0 Å². The molecule has 0 radical (unpaired) electrons. The molecule has 0 aliphatic heterocycles. The summed E-state index contributed by atoms with van der Waals surface area (Å²) in [6.45, 7) is 1.42. The van der Waals surface area contributed by atoms with Gasteiger partial charge in [0.25, 0.3) is 0 Å². The van der Waals surface area contributed by atoms with Crippen LogP contribution in [0.25, 0.3) is 0 Å². The Bertz CT molecular complexity index is 884. The summed E-state index contributed by atoms with van der Waals surface area (Å²) in [6.07, 6.45) is 1.09. The van der Waals surface area contributed by atoms with Crippen LogP contribution in [0.4, 0.5) is 5.69 Å². The number of nitrogens with one attached hydrogen (secondary N) is 1. The molecule has 2 aromatic carbocycles.